The summed E-state index contributed by atoms with van der Waals surface area (Å²) in [6.07, 6.45) is 3.93. The molecule has 0 amide bonds. The summed E-state index contributed by atoms with van der Waals surface area (Å²) >= 11 is 0. The first-order chi connectivity index (χ1) is 7.31. The zero-order valence-corrected chi connectivity index (χ0v) is 9.40. The van der Waals surface area contributed by atoms with E-state index >= 15 is 0 Å². The lowest BCUT2D eigenvalue weighted by Crippen LogP contribution is -2.26. The summed E-state index contributed by atoms with van der Waals surface area (Å²) in [7, 11) is 0. The minimum Gasteiger partial charge on any atom is -0.356 e. The van der Waals surface area contributed by atoms with Crippen molar-refractivity contribution in [3.63, 3.8) is 0 Å². The van der Waals surface area contributed by atoms with Crippen molar-refractivity contribution < 1.29 is 0 Å². The van der Waals surface area contributed by atoms with Gasteiger partial charge in [-0.15, -0.1) is 0 Å². The van der Waals surface area contributed by atoms with Gasteiger partial charge in [0.05, 0.1) is 0 Å². The van der Waals surface area contributed by atoms with Crippen molar-refractivity contribution in [2.75, 3.05) is 23.4 Å². The zero-order valence-electron chi connectivity index (χ0n) is 9.40. The van der Waals surface area contributed by atoms with Crippen LogP contribution in [0.5, 0.6) is 0 Å². The van der Waals surface area contributed by atoms with Crippen LogP contribution >= 0.6 is 0 Å². The van der Waals surface area contributed by atoms with Gasteiger partial charge in [0.15, 0.2) is 0 Å². The lowest BCUT2D eigenvalue weighted by molar-refractivity contribution is 0.733. The maximum Gasteiger partial charge on any atom is 0.239 e. The van der Waals surface area contributed by atoms with Crippen molar-refractivity contribution in [3.8, 4) is 0 Å². The summed E-state index contributed by atoms with van der Waals surface area (Å²) in [4.78, 5) is 10.5. The molecule has 5 heteroatoms. The van der Waals surface area contributed by atoms with Gasteiger partial charge in [-0.05, 0) is 18.9 Å². The van der Waals surface area contributed by atoms with Crippen LogP contribution in [-0.4, -0.2) is 23.1 Å². The van der Waals surface area contributed by atoms with Crippen LogP contribution in [0, 0.1) is 0 Å². The minimum atomic E-state index is 0.463. The molecular weight excluding hydrogens is 190 g/mol. The van der Waals surface area contributed by atoms with Crippen LogP contribution in [0.1, 0.15) is 26.7 Å². The Morgan fingerprint density at radius 3 is 2.53 bits per heavy atom. The number of hydrogen-bond acceptors (Lipinski definition) is 5. The third kappa shape index (κ3) is 3.36. The molecule has 0 spiro atoms. The average molecular weight is 209 g/mol. The van der Waals surface area contributed by atoms with E-state index in [-0.39, 0.29) is 0 Å². The number of nitrogens with zero attached hydrogens (tertiary/aromatic N) is 3. The largest absolute Gasteiger partial charge is 0.356 e. The third-order valence-electron chi connectivity index (χ3n) is 2.08. The fourth-order valence-corrected chi connectivity index (χ4v) is 1.48. The molecule has 0 radical (unpaired) electrons. The van der Waals surface area contributed by atoms with Crippen LogP contribution in [0.25, 0.3) is 0 Å². The lowest BCUT2D eigenvalue weighted by atomic mass is 10.3. The first kappa shape index (κ1) is 11.7. The van der Waals surface area contributed by atoms with E-state index < -0.39 is 0 Å². The van der Waals surface area contributed by atoms with Crippen molar-refractivity contribution in [2.24, 2.45) is 5.84 Å². The quantitative estimate of drug-likeness (QED) is 0.547. The monoisotopic (exact) mass is 209 g/mol. The summed E-state index contributed by atoms with van der Waals surface area (Å²) < 4.78 is 0. The molecule has 1 aromatic rings. The van der Waals surface area contributed by atoms with E-state index in [1.54, 1.807) is 6.20 Å². The number of hydrazine groups is 1. The summed E-state index contributed by atoms with van der Waals surface area (Å²) in [6.45, 7) is 6.33. The normalized spacial score (nSPS) is 10.1. The molecule has 0 aliphatic heterocycles. The first-order valence-corrected chi connectivity index (χ1v) is 5.36. The Hall–Kier alpha value is -1.36. The lowest BCUT2D eigenvalue weighted by Gasteiger charge is -2.22. The fraction of sp³-hybridized carbons (Fsp3) is 0.600. The van der Waals surface area contributed by atoms with Crippen LogP contribution in [0.4, 0.5) is 11.8 Å². The Morgan fingerprint density at radius 2 is 2.00 bits per heavy atom. The molecule has 0 aromatic carbocycles. The van der Waals surface area contributed by atoms with E-state index in [0.717, 1.165) is 31.7 Å². The smallest absolute Gasteiger partial charge is 0.239 e. The van der Waals surface area contributed by atoms with Crippen LogP contribution in [0.15, 0.2) is 12.3 Å². The minimum absolute atomic E-state index is 0.463. The molecule has 0 aliphatic rings. The van der Waals surface area contributed by atoms with Crippen molar-refractivity contribution >= 4 is 11.8 Å². The van der Waals surface area contributed by atoms with Crippen LogP contribution in [0.2, 0.25) is 0 Å². The van der Waals surface area contributed by atoms with E-state index in [4.69, 9.17) is 5.84 Å². The maximum atomic E-state index is 5.27. The highest BCUT2D eigenvalue weighted by Gasteiger charge is 2.06. The molecule has 1 aromatic heterocycles. The molecule has 0 atom stereocenters. The Balaban J connectivity index is 2.79. The summed E-state index contributed by atoms with van der Waals surface area (Å²) in [5.74, 6) is 6.67. The predicted octanol–water partition coefficient (Wildman–Crippen LogP) is 1.39. The summed E-state index contributed by atoms with van der Waals surface area (Å²) in [5.41, 5.74) is 2.46. The third-order valence-corrected chi connectivity index (χ3v) is 2.08. The molecule has 3 N–H and O–H groups in total. The van der Waals surface area contributed by atoms with Crippen molar-refractivity contribution in [2.45, 2.75) is 26.7 Å². The van der Waals surface area contributed by atoms with Crippen LogP contribution < -0.4 is 16.2 Å². The Bertz CT molecular complexity index is 283. The van der Waals surface area contributed by atoms with Crippen LogP contribution in [0.3, 0.4) is 0 Å². The molecule has 0 bridgehead atoms. The average Bonchev–Trinajstić information content (AvgIpc) is 2.29. The second kappa shape index (κ2) is 6.19. The molecule has 0 aliphatic carbocycles. The molecule has 0 saturated carbocycles. The van der Waals surface area contributed by atoms with E-state index in [9.17, 15) is 0 Å². The van der Waals surface area contributed by atoms with E-state index in [2.05, 4.69) is 34.1 Å². The maximum absolute atomic E-state index is 5.27. The molecule has 0 unspecified atom stereocenters. The molecule has 0 fully saturated rings. The SMILES string of the molecule is CCCN(CCC)c1ccnc(NN)n1. The molecule has 5 nitrogen and oxygen atoms in total. The number of nitrogens with two attached hydrogens (primary N) is 1. The number of hydrogen-bond donors (Lipinski definition) is 2. The molecular formula is C10H19N5. The number of nitrogen functional groups attached to an aromatic ring is 1. The van der Waals surface area contributed by atoms with Crippen molar-refractivity contribution in [3.05, 3.63) is 12.3 Å². The fourth-order valence-electron chi connectivity index (χ4n) is 1.48. The predicted molar refractivity (Wildman–Crippen MR) is 62.6 cm³/mol. The molecule has 84 valence electrons. The number of nitrogens with one attached hydrogen (secondary N) is 1. The summed E-state index contributed by atoms with van der Waals surface area (Å²) in [6, 6.07) is 1.91. The highest BCUT2D eigenvalue weighted by molar-refractivity contribution is 5.41. The van der Waals surface area contributed by atoms with Gasteiger partial charge in [-0.2, -0.15) is 4.98 Å². The van der Waals surface area contributed by atoms with Crippen LogP contribution in [-0.2, 0) is 0 Å². The van der Waals surface area contributed by atoms with E-state index in [1.807, 2.05) is 6.07 Å². The Labute approximate surface area is 90.7 Å². The van der Waals surface area contributed by atoms with Gasteiger partial charge in [0.2, 0.25) is 5.95 Å². The molecule has 1 heterocycles. The van der Waals surface area contributed by atoms with Crippen molar-refractivity contribution in [1.82, 2.24) is 9.97 Å². The van der Waals surface area contributed by atoms with Gasteiger partial charge in [-0.25, -0.2) is 10.8 Å². The Kier molecular flexibility index (Phi) is 4.83. The van der Waals surface area contributed by atoms with E-state index in [1.165, 1.54) is 0 Å². The second-order valence-corrected chi connectivity index (χ2v) is 3.37. The highest BCUT2D eigenvalue weighted by atomic mass is 15.3. The molecule has 1 rings (SSSR count). The van der Waals surface area contributed by atoms with Gasteiger partial charge in [-0.3, -0.25) is 5.43 Å². The molecule has 15 heavy (non-hydrogen) atoms. The van der Waals surface area contributed by atoms with Gasteiger partial charge in [-0.1, -0.05) is 13.8 Å². The number of anilines is 2. The second-order valence-electron chi connectivity index (χ2n) is 3.37. The first-order valence-electron chi connectivity index (χ1n) is 5.36. The van der Waals surface area contributed by atoms with Gasteiger partial charge in [0.25, 0.3) is 0 Å². The van der Waals surface area contributed by atoms with Gasteiger partial charge in [0, 0.05) is 19.3 Å². The summed E-state index contributed by atoms with van der Waals surface area (Å²) in [5, 5.41) is 0. The van der Waals surface area contributed by atoms with Gasteiger partial charge >= 0.3 is 0 Å². The number of aromatic nitrogens is 2. The van der Waals surface area contributed by atoms with Gasteiger partial charge in [0.1, 0.15) is 5.82 Å². The van der Waals surface area contributed by atoms with Crippen molar-refractivity contribution in [1.29, 1.82) is 0 Å². The van der Waals surface area contributed by atoms with E-state index in [0.29, 0.717) is 5.95 Å². The highest BCUT2D eigenvalue weighted by Crippen LogP contribution is 2.12. The van der Waals surface area contributed by atoms with Gasteiger partial charge < -0.3 is 4.90 Å². The molecule has 0 saturated heterocycles. The standard InChI is InChI=1S/C10H19N5/c1-3-7-15(8-4-2)9-5-6-12-10(13-9)14-11/h5-6H,3-4,7-8,11H2,1-2H3,(H,12,13,14). The topological polar surface area (TPSA) is 67.1 Å². The Morgan fingerprint density at radius 1 is 1.33 bits per heavy atom. The zero-order chi connectivity index (χ0) is 11.1. The number of rotatable bonds is 6.